The molecule has 0 aromatic heterocycles. The van der Waals surface area contributed by atoms with Gasteiger partial charge < -0.3 is 14.4 Å². The lowest BCUT2D eigenvalue weighted by atomic mass is 9.96. The van der Waals surface area contributed by atoms with Crippen LogP contribution in [0.2, 0.25) is 0 Å². The van der Waals surface area contributed by atoms with Crippen molar-refractivity contribution >= 4 is 23.5 Å². The third kappa shape index (κ3) is 2.82. The average molecular weight is 412 g/mol. The van der Waals surface area contributed by atoms with Gasteiger partial charge >= 0.3 is 5.97 Å². The summed E-state index contributed by atoms with van der Waals surface area (Å²) in [5.74, 6) is -1.44. The first kappa shape index (κ1) is 19.9. The monoisotopic (exact) mass is 412 g/mol. The molecule has 0 unspecified atom stereocenters. The van der Waals surface area contributed by atoms with Gasteiger partial charge in [-0.1, -0.05) is 12.1 Å². The van der Waals surface area contributed by atoms with E-state index in [2.05, 4.69) is 0 Å². The number of amides is 2. The average Bonchev–Trinajstić information content (AvgIpc) is 3.11. The van der Waals surface area contributed by atoms with E-state index in [9.17, 15) is 18.8 Å². The largest absolute Gasteiger partial charge is 0.496 e. The first-order valence-corrected chi connectivity index (χ1v) is 9.67. The molecule has 0 bridgehead atoms. The van der Waals surface area contributed by atoms with Crippen molar-refractivity contribution in [2.75, 3.05) is 18.6 Å². The normalized spacial score (nSPS) is 20.1. The molecule has 30 heavy (non-hydrogen) atoms. The SMILES string of the molecule is CCN1C(=O)c2ccccc2N2C(=O)CC[C@]12C(=O)OCc1cc(F)ccc1OC. The summed E-state index contributed by atoms with van der Waals surface area (Å²) in [5.41, 5.74) is -0.443. The van der Waals surface area contributed by atoms with Gasteiger partial charge in [-0.05, 0) is 37.3 Å². The van der Waals surface area contributed by atoms with E-state index in [0.717, 1.165) is 0 Å². The van der Waals surface area contributed by atoms with Gasteiger partial charge in [0, 0.05) is 24.9 Å². The number of rotatable bonds is 5. The van der Waals surface area contributed by atoms with Crippen LogP contribution in [0.1, 0.15) is 35.7 Å². The summed E-state index contributed by atoms with van der Waals surface area (Å²) in [4.78, 5) is 42.1. The molecule has 0 aliphatic carbocycles. The van der Waals surface area contributed by atoms with Crippen LogP contribution in [0.15, 0.2) is 42.5 Å². The highest BCUT2D eigenvalue weighted by atomic mass is 19.1. The number of carbonyl (C=O) groups excluding carboxylic acids is 3. The maximum absolute atomic E-state index is 13.7. The van der Waals surface area contributed by atoms with Gasteiger partial charge in [-0.25, -0.2) is 9.18 Å². The van der Waals surface area contributed by atoms with E-state index >= 15 is 0 Å². The predicted octanol–water partition coefficient (Wildman–Crippen LogP) is 2.88. The van der Waals surface area contributed by atoms with Crippen LogP contribution >= 0.6 is 0 Å². The molecule has 2 aromatic rings. The lowest BCUT2D eigenvalue weighted by Crippen LogP contribution is -2.68. The Morgan fingerprint density at radius 1 is 1.20 bits per heavy atom. The van der Waals surface area contributed by atoms with E-state index in [1.165, 1.54) is 35.1 Å². The topological polar surface area (TPSA) is 76.2 Å². The zero-order valence-corrected chi connectivity index (χ0v) is 16.7. The molecule has 156 valence electrons. The number of hydrogen-bond donors (Lipinski definition) is 0. The summed E-state index contributed by atoms with van der Waals surface area (Å²) in [7, 11) is 1.43. The van der Waals surface area contributed by atoms with E-state index < -0.39 is 17.4 Å². The molecule has 2 amide bonds. The van der Waals surface area contributed by atoms with Crippen molar-refractivity contribution in [3.8, 4) is 5.75 Å². The Kier molecular flexibility index (Phi) is 4.93. The number of anilines is 1. The van der Waals surface area contributed by atoms with Crippen molar-refractivity contribution in [1.82, 2.24) is 4.90 Å². The number of likely N-dealkylation sites (N-methyl/N-ethyl adjacent to an activating group) is 1. The second-order valence-corrected chi connectivity index (χ2v) is 7.14. The van der Waals surface area contributed by atoms with Crippen LogP contribution in [0.4, 0.5) is 10.1 Å². The number of esters is 1. The van der Waals surface area contributed by atoms with Crippen LogP contribution in [0.5, 0.6) is 5.75 Å². The van der Waals surface area contributed by atoms with E-state index in [1.54, 1.807) is 31.2 Å². The molecule has 2 aromatic carbocycles. The zero-order valence-electron chi connectivity index (χ0n) is 16.7. The highest BCUT2D eigenvalue weighted by molar-refractivity contribution is 6.15. The van der Waals surface area contributed by atoms with Gasteiger partial charge in [0.05, 0.1) is 18.4 Å². The molecule has 1 fully saturated rings. The van der Waals surface area contributed by atoms with E-state index in [-0.39, 0.29) is 37.8 Å². The molecule has 0 saturated carbocycles. The van der Waals surface area contributed by atoms with Crippen molar-refractivity contribution in [3.63, 3.8) is 0 Å². The van der Waals surface area contributed by atoms with Crippen molar-refractivity contribution in [3.05, 3.63) is 59.4 Å². The molecule has 8 heteroatoms. The Bertz CT molecular complexity index is 1040. The fraction of sp³-hybridized carbons (Fsp3) is 0.318. The van der Waals surface area contributed by atoms with Gasteiger partial charge in [0.2, 0.25) is 11.6 Å². The number of ether oxygens (including phenoxy) is 2. The predicted molar refractivity (Wildman–Crippen MR) is 105 cm³/mol. The summed E-state index contributed by atoms with van der Waals surface area (Å²) in [6.45, 7) is 1.71. The summed E-state index contributed by atoms with van der Waals surface area (Å²) in [6, 6.07) is 10.6. The fourth-order valence-corrected chi connectivity index (χ4v) is 4.29. The molecular formula is C22H21FN2O5. The molecule has 7 nitrogen and oxygen atoms in total. The summed E-state index contributed by atoms with van der Waals surface area (Å²) in [5, 5.41) is 0. The molecule has 4 rings (SSSR count). The molecule has 2 aliphatic heterocycles. The second-order valence-electron chi connectivity index (χ2n) is 7.14. The Labute approximate surface area is 173 Å². The van der Waals surface area contributed by atoms with E-state index in [4.69, 9.17) is 9.47 Å². The van der Waals surface area contributed by atoms with Crippen LogP contribution in [-0.4, -0.2) is 42.0 Å². The fourth-order valence-electron chi connectivity index (χ4n) is 4.29. The van der Waals surface area contributed by atoms with Crippen LogP contribution < -0.4 is 9.64 Å². The molecule has 0 N–H and O–H groups in total. The van der Waals surface area contributed by atoms with Crippen molar-refractivity contribution in [2.45, 2.75) is 32.0 Å². The quantitative estimate of drug-likeness (QED) is 0.706. The zero-order chi connectivity index (χ0) is 21.5. The standard InChI is InChI=1S/C22H21FN2O5/c1-3-24-20(27)16-6-4-5-7-17(16)25-19(26)10-11-22(24,25)21(28)30-13-14-12-15(23)8-9-18(14)29-2/h4-9,12H,3,10-11,13H2,1-2H3/t22-/m0/s1. The Hall–Kier alpha value is -3.42. The van der Waals surface area contributed by atoms with Crippen molar-refractivity contribution in [1.29, 1.82) is 0 Å². The summed E-state index contributed by atoms with van der Waals surface area (Å²) in [6.07, 6.45) is 0.232. The van der Waals surface area contributed by atoms with Gasteiger partial charge in [0.15, 0.2) is 0 Å². The summed E-state index contributed by atoms with van der Waals surface area (Å²) >= 11 is 0. The number of hydrogen-bond acceptors (Lipinski definition) is 5. The number of fused-ring (bicyclic) bond motifs is 3. The van der Waals surface area contributed by atoms with Crippen molar-refractivity contribution in [2.24, 2.45) is 0 Å². The first-order valence-electron chi connectivity index (χ1n) is 9.67. The van der Waals surface area contributed by atoms with Gasteiger partial charge in [-0.3, -0.25) is 14.5 Å². The number of para-hydroxylation sites is 1. The molecule has 2 heterocycles. The van der Waals surface area contributed by atoms with Crippen LogP contribution in [-0.2, 0) is 20.9 Å². The third-order valence-corrected chi connectivity index (χ3v) is 5.62. The number of halogens is 1. The van der Waals surface area contributed by atoms with E-state index in [1.807, 2.05) is 0 Å². The first-order chi connectivity index (χ1) is 14.4. The lowest BCUT2D eigenvalue weighted by Gasteiger charge is -2.48. The summed E-state index contributed by atoms with van der Waals surface area (Å²) < 4.78 is 24.4. The highest BCUT2D eigenvalue weighted by Crippen LogP contribution is 2.45. The Balaban J connectivity index is 1.72. The van der Waals surface area contributed by atoms with Crippen molar-refractivity contribution < 1.29 is 28.2 Å². The van der Waals surface area contributed by atoms with Crippen LogP contribution in [0.3, 0.4) is 0 Å². The number of methoxy groups -OCH3 is 1. The van der Waals surface area contributed by atoms with Gasteiger partial charge in [0.25, 0.3) is 5.91 Å². The van der Waals surface area contributed by atoms with Gasteiger partial charge in [0.1, 0.15) is 18.2 Å². The second kappa shape index (κ2) is 7.44. The molecule has 1 saturated heterocycles. The van der Waals surface area contributed by atoms with Gasteiger partial charge in [-0.15, -0.1) is 0 Å². The van der Waals surface area contributed by atoms with Gasteiger partial charge in [-0.2, -0.15) is 0 Å². The molecule has 0 spiro atoms. The number of nitrogens with zero attached hydrogens (tertiary/aromatic N) is 2. The highest BCUT2D eigenvalue weighted by Gasteiger charge is 2.61. The number of benzene rings is 2. The minimum Gasteiger partial charge on any atom is -0.496 e. The number of carbonyl (C=O) groups is 3. The molecule has 0 radical (unpaired) electrons. The van der Waals surface area contributed by atoms with Crippen LogP contribution in [0.25, 0.3) is 0 Å². The maximum atomic E-state index is 13.7. The molecule has 2 aliphatic rings. The minimum absolute atomic E-state index is 0.108. The Morgan fingerprint density at radius 3 is 2.70 bits per heavy atom. The minimum atomic E-state index is -1.56. The molecule has 1 atom stereocenters. The Morgan fingerprint density at radius 2 is 1.97 bits per heavy atom. The lowest BCUT2D eigenvalue weighted by molar-refractivity contribution is -0.158. The smallest absolute Gasteiger partial charge is 0.354 e. The maximum Gasteiger partial charge on any atom is 0.354 e. The van der Waals surface area contributed by atoms with E-state index in [0.29, 0.717) is 22.6 Å². The van der Waals surface area contributed by atoms with Crippen LogP contribution in [0, 0.1) is 5.82 Å². The molecular weight excluding hydrogens is 391 g/mol. The third-order valence-electron chi connectivity index (χ3n) is 5.62.